The molecule has 0 bridgehead atoms. The molecule has 0 aliphatic carbocycles. The molecule has 2 nitrogen and oxygen atoms in total. The molecule has 0 atom stereocenters. The molecule has 0 aliphatic heterocycles. The fraction of sp³-hybridized carbons (Fsp3) is 0.167. The second-order valence-corrected chi connectivity index (χ2v) is 3.09. The number of aromatic hydroxyl groups is 1. The Bertz CT molecular complexity index is 449. The molecule has 0 saturated carbocycles. The van der Waals surface area contributed by atoms with Crippen LogP contribution in [-0.2, 0) is 0 Å². The molecule has 0 saturated heterocycles. The number of ether oxygens (including phenoxy) is 1. The fourth-order valence-corrected chi connectivity index (χ4v) is 1.52. The normalized spacial score (nSPS) is 10.4. The van der Waals surface area contributed by atoms with Crippen molar-refractivity contribution in [2.75, 3.05) is 6.61 Å². The van der Waals surface area contributed by atoms with E-state index in [4.69, 9.17) is 4.74 Å². The lowest BCUT2D eigenvalue weighted by Gasteiger charge is -2.06. The number of phenolic OH excluding ortho intramolecular Hbond substituents is 1. The molecule has 0 heterocycles. The number of benzene rings is 2. The highest BCUT2D eigenvalue weighted by Crippen LogP contribution is 2.28. The smallest absolute Gasteiger partial charge is 0.127 e. The maximum absolute atomic E-state index is 9.31. The zero-order valence-electron chi connectivity index (χ0n) is 8.03. The number of fused-ring (bicyclic) bond motifs is 1. The molecule has 0 radical (unpaired) electrons. The highest BCUT2D eigenvalue weighted by molar-refractivity contribution is 5.89. The highest BCUT2D eigenvalue weighted by atomic mass is 16.5. The summed E-state index contributed by atoms with van der Waals surface area (Å²) in [5, 5.41) is 11.3. The molecule has 72 valence electrons. The zero-order chi connectivity index (χ0) is 9.97. The molecule has 0 fully saturated rings. The largest absolute Gasteiger partial charge is 0.508 e. The van der Waals surface area contributed by atoms with Crippen LogP contribution >= 0.6 is 0 Å². The van der Waals surface area contributed by atoms with Crippen LogP contribution in [0.4, 0.5) is 0 Å². The second-order valence-electron chi connectivity index (χ2n) is 3.09. The van der Waals surface area contributed by atoms with E-state index in [1.807, 2.05) is 31.2 Å². The van der Waals surface area contributed by atoms with Crippen molar-refractivity contribution in [3.63, 3.8) is 0 Å². The number of hydrogen-bond acceptors (Lipinski definition) is 2. The Labute approximate surface area is 82.8 Å². The molecule has 1 N–H and O–H groups in total. The first-order valence-electron chi connectivity index (χ1n) is 4.66. The maximum Gasteiger partial charge on any atom is 0.127 e. The van der Waals surface area contributed by atoms with Gasteiger partial charge in [0.25, 0.3) is 0 Å². The van der Waals surface area contributed by atoms with Crippen molar-refractivity contribution < 1.29 is 9.84 Å². The van der Waals surface area contributed by atoms with Gasteiger partial charge in [0.1, 0.15) is 11.5 Å². The first-order chi connectivity index (χ1) is 6.81. The van der Waals surface area contributed by atoms with Crippen molar-refractivity contribution in [1.82, 2.24) is 0 Å². The molecule has 0 spiro atoms. The lowest BCUT2D eigenvalue weighted by atomic mass is 10.1. The van der Waals surface area contributed by atoms with Crippen LogP contribution in [0.5, 0.6) is 11.5 Å². The van der Waals surface area contributed by atoms with Crippen molar-refractivity contribution in [2.24, 2.45) is 0 Å². The summed E-state index contributed by atoms with van der Waals surface area (Å²) in [4.78, 5) is 0. The van der Waals surface area contributed by atoms with Gasteiger partial charge in [0.2, 0.25) is 0 Å². The topological polar surface area (TPSA) is 29.5 Å². The van der Waals surface area contributed by atoms with Gasteiger partial charge in [-0.15, -0.1) is 0 Å². The highest BCUT2D eigenvalue weighted by Gasteiger charge is 2.01. The van der Waals surface area contributed by atoms with Crippen molar-refractivity contribution in [1.29, 1.82) is 0 Å². The van der Waals surface area contributed by atoms with E-state index in [-0.39, 0.29) is 5.75 Å². The van der Waals surface area contributed by atoms with Gasteiger partial charge in [0, 0.05) is 5.39 Å². The Balaban J connectivity index is 2.62. The van der Waals surface area contributed by atoms with Crippen LogP contribution in [0.2, 0.25) is 0 Å². The third kappa shape index (κ3) is 1.51. The van der Waals surface area contributed by atoms with Crippen molar-refractivity contribution in [2.45, 2.75) is 6.92 Å². The Kier molecular flexibility index (Phi) is 2.27. The molecule has 0 aliphatic rings. The van der Waals surface area contributed by atoms with E-state index in [1.54, 1.807) is 12.1 Å². The average molecular weight is 188 g/mol. The van der Waals surface area contributed by atoms with Crippen molar-refractivity contribution in [3.8, 4) is 11.5 Å². The Morgan fingerprint density at radius 3 is 2.86 bits per heavy atom. The fourth-order valence-electron chi connectivity index (χ4n) is 1.52. The summed E-state index contributed by atoms with van der Waals surface area (Å²) >= 11 is 0. The van der Waals surface area contributed by atoms with Crippen LogP contribution in [0.25, 0.3) is 10.8 Å². The minimum absolute atomic E-state index is 0.283. The van der Waals surface area contributed by atoms with Crippen LogP contribution in [0, 0.1) is 0 Å². The molecule has 0 unspecified atom stereocenters. The van der Waals surface area contributed by atoms with E-state index in [1.165, 1.54) is 0 Å². The molecule has 0 amide bonds. The summed E-state index contributed by atoms with van der Waals surface area (Å²) < 4.78 is 5.48. The minimum Gasteiger partial charge on any atom is -0.508 e. The summed E-state index contributed by atoms with van der Waals surface area (Å²) in [6, 6.07) is 11.1. The molecular weight excluding hydrogens is 176 g/mol. The molecule has 2 heteroatoms. The molecule has 2 aromatic rings. The summed E-state index contributed by atoms with van der Waals surface area (Å²) in [7, 11) is 0. The van der Waals surface area contributed by atoms with E-state index in [9.17, 15) is 5.11 Å². The average Bonchev–Trinajstić information content (AvgIpc) is 2.18. The Hall–Kier alpha value is -1.70. The molecule has 14 heavy (non-hydrogen) atoms. The third-order valence-electron chi connectivity index (χ3n) is 2.12. The van der Waals surface area contributed by atoms with Crippen LogP contribution in [0.15, 0.2) is 36.4 Å². The Morgan fingerprint density at radius 1 is 1.21 bits per heavy atom. The van der Waals surface area contributed by atoms with Crippen LogP contribution in [0.3, 0.4) is 0 Å². The van der Waals surface area contributed by atoms with Gasteiger partial charge in [0.15, 0.2) is 0 Å². The zero-order valence-corrected chi connectivity index (χ0v) is 8.03. The van der Waals surface area contributed by atoms with E-state index < -0.39 is 0 Å². The van der Waals surface area contributed by atoms with Gasteiger partial charge in [-0.1, -0.05) is 12.1 Å². The van der Waals surface area contributed by atoms with Crippen molar-refractivity contribution in [3.05, 3.63) is 36.4 Å². The SMILES string of the molecule is CCOc1cccc2cc(O)ccc12. The van der Waals surface area contributed by atoms with Gasteiger partial charge in [0.05, 0.1) is 6.61 Å². The van der Waals surface area contributed by atoms with Crippen LogP contribution in [0.1, 0.15) is 6.92 Å². The second kappa shape index (κ2) is 3.58. The van der Waals surface area contributed by atoms with Gasteiger partial charge < -0.3 is 9.84 Å². The van der Waals surface area contributed by atoms with Gasteiger partial charge in [-0.05, 0) is 36.6 Å². The predicted octanol–water partition coefficient (Wildman–Crippen LogP) is 2.94. The molecule has 2 aromatic carbocycles. The summed E-state index contributed by atoms with van der Waals surface area (Å²) in [6.07, 6.45) is 0. The van der Waals surface area contributed by atoms with E-state index in [0.717, 1.165) is 16.5 Å². The van der Waals surface area contributed by atoms with Crippen molar-refractivity contribution >= 4 is 10.8 Å². The van der Waals surface area contributed by atoms with E-state index in [2.05, 4.69) is 0 Å². The lowest BCUT2D eigenvalue weighted by molar-refractivity contribution is 0.344. The van der Waals surface area contributed by atoms with Crippen LogP contribution < -0.4 is 4.74 Å². The molecular formula is C12H12O2. The monoisotopic (exact) mass is 188 g/mol. The summed E-state index contributed by atoms with van der Waals surface area (Å²) in [5.41, 5.74) is 0. The quantitative estimate of drug-likeness (QED) is 0.785. The molecule has 2 rings (SSSR count). The van der Waals surface area contributed by atoms with Gasteiger partial charge in [-0.2, -0.15) is 0 Å². The van der Waals surface area contributed by atoms with E-state index in [0.29, 0.717) is 6.61 Å². The maximum atomic E-state index is 9.31. The Morgan fingerprint density at radius 2 is 2.07 bits per heavy atom. The van der Waals surface area contributed by atoms with E-state index >= 15 is 0 Å². The third-order valence-corrected chi connectivity index (χ3v) is 2.12. The summed E-state index contributed by atoms with van der Waals surface area (Å²) in [6.45, 7) is 2.61. The van der Waals surface area contributed by atoms with Gasteiger partial charge >= 0.3 is 0 Å². The standard InChI is InChI=1S/C12H12O2/c1-2-14-12-5-3-4-9-8-10(13)6-7-11(9)12/h3-8,13H,2H2,1H3. The minimum atomic E-state index is 0.283. The first kappa shape index (κ1) is 8.88. The summed E-state index contributed by atoms with van der Waals surface area (Å²) in [5.74, 6) is 1.15. The molecule has 0 aromatic heterocycles. The van der Waals surface area contributed by atoms with Crippen LogP contribution in [-0.4, -0.2) is 11.7 Å². The predicted molar refractivity (Wildman–Crippen MR) is 56.8 cm³/mol. The lowest BCUT2D eigenvalue weighted by Crippen LogP contribution is -1.91. The first-order valence-corrected chi connectivity index (χ1v) is 4.66. The van der Waals surface area contributed by atoms with Gasteiger partial charge in [-0.25, -0.2) is 0 Å². The van der Waals surface area contributed by atoms with Gasteiger partial charge in [-0.3, -0.25) is 0 Å². The number of rotatable bonds is 2. The number of hydrogen-bond donors (Lipinski definition) is 1. The number of phenols is 1.